The van der Waals surface area contributed by atoms with Gasteiger partial charge in [-0.2, -0.15) is 5.10 Å². The number of carbonyl (C=O) groups excluding carboxylic acids is 4. The van der Waals surface area contributed by atoms with E-state index in [0.29, 0.717) is 30.7 Å². The molecule has 5 rings (SSSR count). The minimum atomic E-state index is -0.662. The van der Waals surface area contributed by atoms with Crippen LogP contribution in [0.1, 0.15) is 81.6 Å². The van der Waals surface area contributed by atoms with Gasteiger partial charge in [-0.25, -0.2) is 4.68 Å². The van der Waals surface area contributed by atoms with Gasteiger partial charge in [0.2, 0.25) is 24.1 Å². The third kappa shape index (κ3) is 7.84. The SMILES string of the molecule is CN[C@@H](C)C(=O)NC1CCCCC2CCC(C(=O)NC/C(C=NC3CCC3n3cc([C@@H](NC=O)c4ccccc4)nn3)=N/N)N2C1=O. The van der Waals surface area contributed by atoms with Crippen molar-refractivity contribution in [1.82, 2.24) is 41.2 Å². The molecule has 47 heavy (non-hydrogen) atoms. The van der Waals surface area contributed by atoms with Gasteiger partial charge < -0.3 is 32.0 Å². The Balaban J connectivity index is 1.17. The van der Waals surface area contributed by atoms with Gasteiger partial charge in [0.1, 0.15) is 17.8 Å². The summed E-state index contributed by atoms with van der Waals surface area (Å²) >= 11 is 0. The summed E-state index contributed by atoms with van der Waals surface area (Å²) in [5.41, 5.74) is 1.91. The number of benzene rings is 1. The fourth-order valence-corrected chi connectivity index (χ4v) is 6.55. The molecule has 0 spiro atoms. The highest BCUT2D eigenvalue weighted by Gasteiger charge is 2.44. The molecule has 252 valence electrons. The Morgan fingerprint density at radius 2 is 1.89 bits per heavy atom. The van der Waals surface area contributed by atoms with E-state index in [9.17, 15) is 19.2 Å². The predicted molar refractivity (Wildman–Crippen MR) is 175 cm³/mol. The summed E-state index contributed by atoms with van der Waals surface area (Å²) in [7, 11) is 1.69. The van der Waals surface area contributed by atoms with E-state index in [1.54, 1.807) is 29.8 Å². The van der Waals surface area contributed by atoms with Gasteiger partial charge >= 0.3 is 0 Å². The number of hydrazone groups is 1. The van der Waals surface area contributed by atoms with Crippen LogP contribution >= 0.6 is 0 Å². The van der Waals surface area contributed by atoms with Gasteiger partial charge in [-0.05, 0) is 58.1 Å². The molecule has 4 amide bonds. The predicted octanol–water partition coefficient (Wildman–Crippen LogP) is 0.345. The molecule has 3 heterocycles. The van der Waals surface area contributed by atoms with Crippen LogP contribution in [0.3, 0.4) is 0 Å². The molecule has 2 saturated heterocycles. The topological polar surface area (TPSA) is 201 Å². The number of aliphatic imine (C=N–C) groups is 1. The van der Waals surface area contributed by atoms with Crippen molar-refractivity contribution in [1.29, 1.82) is 0 Å². The quantitative estimate of drug-likeness (QED) is 0.0887. The summed E-state index contributed by atoms with van der Waals surface area (Å²) < 4.78 is 1.77. The van der Waals surface area contributed by atoms with Crippen molar-refractivity contribution in [3.8, 4) is 0 Å². The van der Waals surface area contributed by atoms with E-state index in [2.05, 4.69) is 41.7 Å². The summed E-state index contributed by atoms with van der Waals surface area (Å²) in [4.78, 5) is 57.3. The van der Waals surface area contributed by atoms with Gasteiger partial charge in [0, 0.05) is 12.3 Å². The van der Waals surface area contributed by atoms with Crippen molar-refractivity contribution in [3.05, 3.63) is 47.8 Å². The van der Waals surface area contributed by atoms with E-state index in [1.807, 2.05) is 36.5 Å². The van der Waals surface area contributed by atoms with E-state index >= 15 is 0 Å². The summed E-state index contributed by atoms with van der Waals surface area (Å²) in [6.07, 6.45) is 10.2. The summed E-state index contributed by atoms with van der Waals surface area (Å²) in [5, 5.41) is 24.0. The fraction of sp³-hybridized carbons (Fsp3) is 0.562. The van der Waals surface area contributed by atoms with Crippen molar-refractivity contribution < 1.29 is 19.2 Å². The lowest BCUT2D eigenvalue weighted by molar-refractivity contribution is -0.144. The molecule has 1 aliphatic carbocycles. The minimum Gasteiger partial charge on any atom is -0.349 e. The molecule has 1 aromatic heterocycles. The number of nitrogens with two attached hydrogens (primary N) is 1. The molecule has 15 nitrogen and oxygen atoms in total. The molecule has 2 aliphatic heterocycles. The van der Waals surface area contributed by atoms with Crippen LogP contribution in [-0.2, 0) is 19.2 Å². The first kappa shape index (κ1) is 33.7. The molecule has 2 aromatic rings. The van der Waals surface area contributed by atoms with Crippen LogP contribution < -0.4 is 27.1 Å². The number of rotatable bonds is 13. The van der Waals surface area contributed by atoms with Crippen LogP contribution in [0.4, 0.5) is 0 Å². The lowest BCUT2D eigenvalue weighted by Crippen LogP contribution is -2.58. The van der Waals surface area contributed by atoms with Gasteiger partial charge in [-0.3, -0.25) is 24.2 Å². The Kier molecular flexibility index (Phi) is 11.3. The number of hydrogen-bond donors (Lipinski definition) is 5. The average Bonchev–Trinajstić information content (AvgIpc) is 3.72. The zero-order valence-electron chi connectivity index (χ0n) is 26.9. The molecule has 1 saturated carbocycles. The summed E-state index contributed by atoms with van der Waals surface area (Å²) in [6.45, 7) is 1.80. The van der Waals surface area contributed by atoms with Crippen molar-refractivity contribution in [2.24, 2.45) is 15.9 Å². The second kappa shape index (κ2) is 15.8. The Labute approximate surface area is 274 Å². The van der Waals surface area contributed by atoms with Gasteiger partial charge in [0.15, 0.2) is 0 Å². The first-order chi connectivity index (χ1) is 22.8. The zero-order valence-corrected chi connectivity index (χ0v) is 26.9. The van der Waals surface area contributed by atoms with E-state index in [1.165, 1.54) is 0 Å². The zero-order chi connectivity index (χ0) is 33.3. The number of hydrogen-bond acceptors (Lipinski definition) is 10. The number of nitrogens with zero attached hydrogens (tertiary/aromatic N) is 6. The standard InChI is InChI=1S/C32H45N11O4/c1-20(34-2)30(45)38-25-11-7-6-10-23-12-14-28(43(23)32(25)47)31(46)36-17-22(39-33)16-35-24-13-15-27(24)42-18-26(40-41-42)29(37-19-44)21-8-4-3-5-9-21/h3-5,8-9,16,18-20,23-25,27-29,34H,6-7,10-15,17,33H2,1-2H3,(H,36,46)(H,37,44)(H,38,45)/b35-16?,39-22+/t20-,23?,24?,25?,27?,28?,29-/m0/s1. The maximum atomic E-state index is 13.7. The highest BCUT2D eigenvalue weighted by atomic mass is 16.2. The molecule has 5 unspecified atom stereocenters. The molecule has 7 atom stereocenters. The Bertz CT molecular complexity index is 1460. The van der Waals surface area contributed by atoms with Gasteiger partial charge in [-0.1, -0.05) is 48.4 Å². The Morgan fingerprint density at radius 3 is 2.60 bits per heavy atom. The molecule has 1 aromatic carbocycles. The lowest BCUT2D eigenvalue weighted by Gasteiger charge is -2.35. The van der Waals surface area contributed by atoms with Crippen LogP contribution in [0.25, 0.3) is 0 Å². The smallest absolute Gasteiger partial charge is 0.246 e. The first-order valence-corrected chi connectivity index (χ1v) is 16.4. The van der Waals surface area contributed by atoms with E-state index in [4.69, 9.17) is 5.84 Å². The van der Waals surface area contributed by atoms with Crippen LogP contribution in [-0.4, -0.2) is 99.8 Å². The molecule has 0 radical (unpaired) electrons. The van der Waals surface area contributed by atoms with Crippen molar-refractivity contribution >= 4 is 36.1 Å². The van der Waals surface area contributed by atoms with E-state index < -0.39 is 24.2 Å². The Hall–Kier alpha value is -4.66. The molecular weight excluding hydrogens is 602 g/mol. The van der Waals surface area contributed by atoms with Crippen LogP contribution in [0.15, 0.2) is 46.6 Å². The van der Waals surface area contributed by atoms with Gasteiger partial charge in [-0.15, -0.1) is 5.10 Å². The third-order valence-electron chi connectivity index (χ3n) is 9.54. The van der Waals surface area contributed by atoms with Crippen LogP contribution in [0, 0.1) is 0 Å². The minimum absolute atomic E-state index is 0.0214. The van der Waals surface area contributed by atoms with E-state index in [0.717, 1.165) is 44.1 Å². The third-order valence-corrected chi connectivity index (χ3v) is 9.54. The number of nitrogens with one attached hydrogen (secondary N) is 4. The molecule has 0 bridgehead atoms. The fourth-order valence-electron chi connectivity index (χ4n) is 6.55. The first-order valence-electron chi connectivity index (χ1n) is 16.4. The van der Waals surface area contributed by atoms with Crippen molar-refractivity contribution in [2.45, 2.75) is 101 Å². The summed E-state index contributed by atoms with van der Waals surface area (Å²) in [5.74, 6) is 4.94. The number of amides is 4. The lowest BCUT2D eigenvalue weighted by atomic mass is 9.87. The molecular formula is C32H45N11O4. The maximum Gasteiger partial charge on any atom is 0.246 e. The van der Waals surface area contributed by atoms with Crippen LogP contribution in [0.2, 0.25) is 0 Å². The molecule has 3 fully saturated rings. The highest BCUT2D eigenvalue weighted by Crippen LogP contribution is 2.35. The summed E-state index contributed by atoms with van der Waals surface area (Å²) in [6, 6.07) is 7.27. The van der Waals surface area contributed by atoms with Gasteiger partial charge in [0.25, 0.3) is 0 Å². The molecule has 6 N–H and O–H groups in total. The highest BCUT2D eigenvalue weighted by molar-refractivity contribution is 6.32. The number of aromatic nitrogens is 3. The number of carbonyl (C=O) groups is 4. The van der Waals surface area contributed by atoms with E-state index in [-0.39, 0.29) is 42.4 Å². The molecule has 3 aliphatic rings. The monoisotopic (exact) mass is 647 g/mol. The normalized spacial score (nSPS) is 26.0. The maximum absolute atomic E-state index is 13.7. The second-order valence-electron chi connectivity index (χ2n) is 12.4. The number of likely N-dealkylation sites (N-methyl/N-ethyl adjacent to an activating group) is 1. The number of fused-ring (bicyclic) bond motifs is 1. The largest absolute Gasteiger partial charge is 0.349 e. The van der Waals surface area contributed by atoms with Gasteiger partial charge in [0.05, 0.1) is 42.6 Å². The second-order valence-corrected chi connectivity index (χ2v) is 12.4. The average molecular weight is 648 g/mol. The van der Waals surface area contributed by atoms with Crippen molar-refractivity contribution in [3.63, 3.8) is 0 Å². The Morgan fingerprint density at radius 1 is 1.11 bits per heavy atom. The van der Waals surface area contributed by atoms with Crippen molar-refractivity contribution in [2.75, 3.05) is 13.6 Å². The van der Waals surface area contributed by atoms with Crippen LogP contribution in [0.5, 0.6) is 0 Å². The molecule has 15 heteroatoms.